The molecule has 234 valence electrons. The van der Waals surface area contributed by atoms with Gasteiger partial charge in [-0.05, 0) is 59.7 Å². The van der Waals surface area contributed by atoms with Crippen LogP contribution in [0.3, 0.4) is 0 Å². The van der Waals surface area contributed by atoms with Crippen LogP contribution in [-0.4, -0.2) is 47.8 Å². The standard InChI is InChI=1S/C37H47N3O4/c1-4-20-40(33-14-6-7-15-33)24-34-26(3)35(29-18-16-27(25-41)17-19-29)44-36(43-34)32-13-9-12-31(22-32)30-11-8-10-28(21-30)23-39-37(42)38-5-2/h4,8-13,16-19,21-22,26,33-36,41H,1,5-7,14-15,20,23-25H2,2-3H3,(H2,38,39,42). The zero-order valence-corrected chi connectivity index (χ0v) is 26.1. The lowest BCUT2D eigenvalue weighted by Gasteiger charge is -2.43. The van der Waals surface area contributed by atoms with Gasteiger partial charge in [0.1, 0.15) is 0 Å². The second-order valence-corrected chi connectivity index (χ2v) is 12.0. The number of urea groups is 1. The zero-order valence-electron chi connectivity index (χ0n) is 26.1. The van der Waals surface area contributed by atoms with E-state index in [-0.39, 0.29) is 30.8 Å². The third-order valence-corrected chi connectivity index (χ3v) is 8.95. The quantitative estimate of drug-likeness (QED) is 0.198. The summed E-state index contributed by atoms with van der Waals surface area (Å²) >= 11 is 0. The van der Waals surface area contributed by atoms with E-state index in [2.05, 4.69) is 77.6 Å². The minimum absolute atomic E-state index is 0.0175. The Labute approximate surface area is 262 Å². The molecule has 0 bridgehead atoms. The van der Waals surface area contributed by atoms with Crippen molar-refractivity contribution in [1.29, 1.82) is 0 Å². The molecule has 5 rings (SSSR count). The topological polar surface area (TPSA) is 83.1 Å². The van der Waals surface area contributed by atoms with Crippen molar-refractivity contribution in [2.75, 3.05) is 19.6 Å². The maximum absolute atomic E-state index is 11.9. The summed E-state index contributed by atoms with van der Waals surface area (Å²) in [6.45, 7) is 10.9. The molecule has 1 heterocycles. The number of amides is 2. The molecule has 3 aromatic rings. The summed E-state index contributed by atoms with van der Waals surface area (Å²) in [7, 11) is 0. The van der Waals surface area contributed by atoms with Gasteiger partial charge in [0.15, 0.2) is 6.29 Å². The minimum Gasteiger partial charge on any atom is -0.392 e. The lowest BCUT2D eigenvalue weighted by Crippen LogP contribution is -2.47. The highest BCUT2D eigenvalue weighted by molar-refractivity contribution is 5.74. The first kappa shape index (κ1) is 31.9. The van der Waals surface area contributed by atoms with E-state index < -0.39 is 6.29 Å². The van der Waals surface area contributed by atoms with Crippen molar-refractivity contribution < 1.29 is 19.4 Å². The van der Waals surface area contributed by atoms with E-state index in [9.17, 15) is 9.90 Å². The number of carbonyl (C=O) groups is 1. The van der Waals surface area contributed by atoms with Crippen LogP contribution in [0.25, 0.3) is 11.1 Å². The average Bonchev–Trinajstić information content (AvgIpc) is 3.60. The van der Waals surface area contributed by atoms with Gasteiger partial charge in [-0.3, -0.25) is 4.90 Å². The number of hydrogen-bond acceptors (Lipinski definition) is 5. The summed E-state index contributed by atoms with van der Waals surface area (Å²) < 4.78 is 13.6. The number of nitrogens with one attached hydrogen (secondary N) is 2. The summed E-state index contributed by atoms with van der Waals surface area (Å²) in [5.74, 6) is 0.122. The van der Waals surface area contributed by atoms with E-state index in [1.54, 1.807) is 0 Å². The van der Waals surface area contributed by atoms with Gasteiger partial charge in [-0.2, -0.15) is 0 Å². The van der Waals surface area contributed by atoms with E-state index in [0.717, 1.165) is 46.5 Å². The summed E-state index contributed by atoms with van der Waals surface area (Å²) in [4.78, 5) is 14.5. The molecule has 0 spiro atoms. The Kier molecular flexibility index (Phi) is 11.2. The highest BCUT2D eigenvalue weighted by Gasteiger charge is 2.40. The maximum atomic E-state index is 11.9. The number of aliphatic hydroxyl groups excluding tert-OH is 1. The fraction of sp³-hybridized carbons (Fsp3) is 0.432. The number of ether oxygens (including phenoxy) is 2. The third kappa shape index (κ3) is 7.96. The number of nitrogens with zero attached hydrogens (tertiary/aromatic N) is 1. The largest absolute Gasteiger partial charge is 0.392 e. The number of aliphatic hydroxyl groups is 1. The van der Waals surface area contributed by atoms with Gasteiger partial charge in [-0.15, -0.1) is 6.58 Å². The summed E-state index contributed by atoms with van der Waals surface area (Å²) in [5.41, 5.74) is 6.10. The summed E-state index contributed by atoms with van der Waals surface area (Å²) in [5, 5.41) is 15.3. The van der Waals surface area contributed by atoms with Crippen LogP contribution in [-0.2, 0) is 22.6 Å². The molecule has 1 aliphatic carbocycles. The molecule has 4 unspecified atom stereocenters. The van der Waals surface area contributed by atoms with Crippen molar-refractivity contribution in [2.24, 2.45) is 5.92 Å². The highest BCUT2D eigenvalue weighted by atomic mass is 16.7. The van der Waals surface area contributed by atoms with Crippen LogP contribution in [0.2, 0.25) is 0 Å². The highest BCUT2D eigenvalue weighted by Crippen LogP contribution is 2.43. The molecule has 7 heteroatoms. The zero-order chi connectivity index (χ0) is 30.9. The molecule has 0 aromatic heterocycles. The van der Waals surface area contributed by atoms with Gasteiger partial charge in [0.05, 0.1) is 18.8 Å². The molecule has 3 aromatic carbocycles. The van der Waals surface area contributed by atoms with Crippen molar-refractivity contribution in [2.45, 2.75) is 77.2 Å². The lowest BCUT2D eigenvalue weighted by atomic mass is 9.89. The first-order chi connectivity index (χ1) is 21.5. The van der Waals surface area contributed by atoms with Gasteiger partial charge < -0.3 is 25.2 Å². The molecule has 3 N–H and O–H groups in total. The van der Waals surface area contributed by atoms with Crippen LogP contribution >= 0.6 is 0 Å². The Morgan fingerprint density at radius 3 is 2.39 bits per heavy atom. The molecule has 7 nitrogen and oxygen atoms in total. The Morgan fingerprint density at radius 2 is 1.68 bits per heavy atom. The van der Waals surface area contributed by atoms with Crippen molar-refractivity contribution in [3.63, 3.8) is 0 Å². The van der Waals surface area contributed by atoms with Gasteiger partial charge in [0, 0.05) is 43.7 Å². The van der Waals surface area contributed by atoms with Gasteiger partial charge in [-0.1, -0.05) is 86.5 Å². The lowest BCUT2D eigenvalue weighted by molar-refractivity contribution is -0.276. The fourth-order valence-electron chi connectivity index (χ4n) is 6.50. The van der Waals surface area contributed by atoms with Crippen LogP contribution in [0, 0.1) is 5.92 Å². The SMILES string of the molecule is C=CCN(CC1OC(c2cccc(-c3cccc(CNC(=O)NCC)c3)c2)OC(c2ccc(CO)cc2)C1C)C1CCCC1. The number of carbonyl (C=O) groups excluding carboxylic acids is 1. The molecule has 4 atom stereocenters. The number of hydrogen-bond donors (Lipinski definition) is 3. The van der Waals surface area contributed by atoms with E-state index in [4.69, 9.17) is 9.47 Å². The Balaban J connectivity index is 1.40. The van der Waals surface area contributed by atoms with Gasteiger partial charge in [-0.25, -0.2) is 4.79 Å². The van der Waals surface area contributed by atoms with Crippen molar-refractivity contribution in [3.8, 4) is 11.1 Å². The van der Waals surface area contributed by atoms with E-state index >= 15 is 0 Å². The first-order valence-electron chi connectivity index (χ1n) is 16.1. The van der Waals surface area contributed by atoms with Gasteiger partial charge >= 0.3 is 6.03 Å². The summed E-state index contributed by atoms with van der Waals surface area (Å²) in [6, 6.07) is 25.1. The number of rotatable bonds is 12. The van der Waals surface area contributed by atoms with Crippen LogP contribution < -0.4 is 10.6 Å². The second kappa shape index (κ2) is 15.5. The summed E-state index contributed by atoms with van der Waals surface area (Å²) in [6.07, 6.45) is 6.28. The van der Waals surface area contributed by atoms with Gasteiger partial charge in [0.2, 0.25) is 0 Å². The van der Waals surface area contributed by atoms with Crippen LogP contribution in [0.5, 0.6) is 0 Å². The average molecular weight is 598 g/mol. The fourth-order valence-corrected chi connectivity index (χ4v) is 6.50. The number of benzene rings is 3. The van der Waals surface area contributed by atoms with Crippen molar-refractivity contribution in [3.05, 3.63) is 108 Å². The molecule has 1 saturated carbocycles. The smallest absolute Gasteiger partial charge is 0.315 e. The molecular formula is C37H47N3O4. The van der Waals surface area contributed by atoms with Crippen LogP contribution in [0.1, 0.15) is 74.2 Å². The van der Waals surface area contributed by atoms with Crippen LogP contribution in [0.15, 0.2) is 85.5 Å². The molecule has 2 fully saturated rings. The molecule has 2 aliphatic rings. The predicted octanol–water partition coefficient (Wildman–Crippen LogP) is 6.89. The monoisotopic (exact) mass is 597 g/mol. The van der Waals surface area contributed by atoms with E-state index in [1.165, 1.54) is 25.7 Å². The van der Waals surface area contributed by atoms with E-state index in [0.29, 0.717) is 19.1 Å². The van der Waals surface area contributed by atoms with Crippen molar-refractivity contribution in [1.82, 2.24) is 15.5 Å². The van der Waals surface area contributed by atoms with Crippen LogP contribution in [0.4, 0.5) is 4.79 Å². The molecule has 1 saturated heterocycles. The maximum Gasteiger partial charge on any atom is 0.315 e. The molecule has 2 amide bonds. The molecule has 44 heavy (non-hydrogen) atoms. The Hall–Kier alpha value is -3.49. The Bertz CT molecular complexity index is 1370. The van der Waals surface area contributed by atoms with Gasteiger partial charge in [0.25, 0.3) is 0 Å². The molecule has 1 aliphatic heterocycles. The Morgan fingerprint density at radius 1 is 0.955 bits per heavy atom. The second-order valence-electron chi connectivity index (χ2n) is 12.0. The minimum atomic E-state index is -0.532. The molecular weight excluding hydrogens is 550 g/mol. The third-order valence-electron chi connectivity index (χ3n) is 8.95. The normalized spacial score (nSPS) is 22.2. The first-order valence-corrected chi connectivity index (χ1v) is 16.1. The van der Waals surface area contributed by atoms with E-state index in [1.807, 2.05) is 37.3 Å². The predicted molar refractivity (Wildman–Crippen MR) is 175 cm³/mol. The molecule has 0 radical (unpaired) electrons. The van der Waals surface area contributed by atoms with Crippen molar-refractivity contribution >= 4 is 6.03 Å².